The Morgan fingerprint density at radius 1 is 2.00 bits per heavy atom. The fraction of sp³-hybridized carbons (Fsp3) is 0.667. The van der Waals surface area contributed by atoms with Crippen LogP contribution in [0.4, 0.5) is 0 Å². The molecule has 2 heteroatoms. The zero-order valence-corrected chi connectivity index (χ0v) is 4.92. The molecule has 1 atom stereocenters. The molecule has 0 radical (unpaired) electrons. The Bertz CT molecular complexity index is 103. The maximum Gasteiger partial charge on any atom is 0.0906 e. The summed E-state index contributed by atoms with van der Waals surface area (Å²) >= 11 is 0. The van der Waals surface area contributed by atoms with Crippen LogP contribution in [0.5, 0.6) is 0 Å². The van der Waals surface area contributed by atoms with Crippen molar-refractivity contribution in [3.05, 3.63) is 11.8 Å². The molecule has 0 aromatic heterocycles. The first kappa shape index (κ1) is 5.63. The van der Waals surface area contributed by atoms with Gasteiger partial charge in [0.2, 0.25) is 0 Å². The molecular weight excluding hydrogens is 104 g/mol. The van der Waals surface area contributed by atoms with Crippen LogP contribution in [-0.4, -0.2) is 17.8 Å². The molecular formula is C6H10O2. The van der Waals surface area contributed by atoms with E-state index in [2.05, 4.69) is 0 Å². The van der Waals surface area contributed by atoms with Crippen molar-refractivity contribution in [2.24, 2.45) is 0 Å². The smallest absolute Gasteiger partial charge is 0.0906 e. The van der Waals surface area contributed by atoms with Crippen molar-refractivity contribution >= 4 is 0 Å². The van der Waals surface area contributed by atoms with E-state index in [0.29, 0.717) is 18.3 Å². The van der Waals surface area contributed by atoms with Crippen LogP contribution in [0.25, 0.3) is 0 Å². The molecule has 1 aliphatic rings. The topological polar surface area (TPSA) is 32.8 Å². The number of hydrogen-bond donors (Lipinski definition) is 1. The molecule has 1 N–H and O–H groups in total. The van der Waals surface area contributed by atoms with E-state index in [1.165, 1.54) is 0 Å². The van der Waals surface area contributed by atoms with Crippen LogP contribution in [0, 0.1) is 0 Å². The standard InChI is InChI=1S/C6H10O2/c1-2-5(7)3-6-4-8-6/h2,6-7H,3-4H2,1H3/b5-2-. The minimum atomic E-state index is 0.311. The maximum absolute atomic E-state index is 8.85. The summed E-state index contributed by atoms with van der Waals surface area (Å²) in [4.78, 5) is 0. The third-order valence-corrected chi connectivity index (χ3v) is 1.17. The quantitative estimate of drug-likeness (QED) is 0.432. The van der Waals surface area contributed by atoms with Crippen molar-refractivity contribution in [2.75, 3.05) is 6.61 Å². The Kier molecular flexibility index (Phi) is 1.53. The second-order valence-electron chi connectivity index (χ2n) is 1.94. The molecule has 1 saturated heterocycles. The highest BCUT2D eigenvalue weighted by atomic mass is 16.6. The van der Waals surface area contributed by atoms with E-state index < -0.39 is 0 Å². The molecule has 46 valence electrons. The maximum atomic E-state index is 8.85. The summed E-state index contributed by atoms with van der Waals surface area (Å²) in [5, 5.41) is 8.85. The summed E-state index contributed by atoms with van der Waals surface area (Å²) in [7, 11) is 0. The number of epoxide rings is 1. The first-order valence-corrected chi connectivity index (χ1v) is 2.78. The van der Waals surface area contributed by atoms with E-state index in [1.54, 1.807) is 6.08 Å². The second kappa shape index (κ2) is 2.18. The summed E-state index contributed by atoms with van der Waals surface area (Å²) in [5.41, 5.74) is 0. The lowest BCUT2D eigenvalue weighted by Gasteiger charge is -1.90. The van der Waals surface area contributed by atoms with Gasteiger partial charge in [0, 0.05) is 6.42 Å². The average molecular weight is 114 g/mol. The van der Waals surface area contributed by atoms with Crippen LogP contribution < -0.4 is 0 Å². The molecule has 0 aromatic rings. The fourth-order valence-corrected chi connectivity index (χ4v) is 0.537. The number of hydrogen-bond acceptors (Lipinski definition) is 2. The van der Waals surface area contributed by atoms with Gasteiger partial charge in [0.05, 0.1) is 18.5 Å². The van der Waals surface area contributed by atoms with Crippen LogP contribution in [0.2, 0.25) is 0 Å². The lowest BCUT2D eigenvalue weighted by atomic mass is 10.3. The monoisotopic (exact) mass is 114 g/mol. The molecule has 8 heavy (non-hydrogen) atoms. The van der Waals surface area contributed by atoms with Crippen molar-refractivity contribution < 1.29 is 9.84 Å². The Morgan fingerprint density at radius 2 is 2.62 bits per heavy atom. The van der Waals surface area contributed by atoms with Gasteiger partial charge in [0.1, 0.15) is 0 Å². The average Bonchev–Trinajstić information content (AvgIpc) is 2.50. The van der Waals surface area contributed by atoms with Gasteiger partial charge in [0.25, 0.3) is 0 Å². The van der Waals surface area contributed by atoms with Gasteiger partial charge in [-0.25, -0.2) is 0 Å². The molecule has 0 bridgehead atoms. The molecule has 1 rings (SSSR count). The highest BCUT2D eigenvalue weighted by Gasteiger charge is 2.22. The van der Waals surface area contributed by atoms with Gasteiger partial charge in [0.15, 0.2) is 0 Å². The van der Waals surface area contributed by atoms with Gasteiger partial charge < -0.3 is 9.84 Å². The van der Waals surface area contributed by atoms with E-state index in [1.807, 2.05) is 6.92 Å². The predicted octanol–water partition coefficient (Wildman–Crippen LogP) is 1.24. The third-order valence-electron chi connectivity index (χ3n) is 1.17. The van der Waals surface area contributed by atoms with E-state index in [0.717, 1.165) is 6.61 Å². The Balaban J connectivity index is 2.16. The summed E-state index contributed by atoms with van der Waals surface area (Å²) in [6.45, 7) is 2.63. The molecule has 2 nitrogen and oxygen atoms in total. The second-order valence-corrected chi connectivity index (χ2v) is 1.94. The zero-order valence-electron chi connectivity index (χ0n) is 4.92. The number of allylic oxidation sites excluding steroid dienone is 1. The first-order chi connectivity index (χ1) is 3.83. The molecule has 0 amide bonds. The highest BCUT2D eigenvalue weighted by molar-refractivity contribution is 4.93. The van der Waals surface area contributed by atoms with E-state index in [9.17, 15) is 0 Å². The van der Waals surface area contributed by atoms with Gasteiger partial charge in [-0.2, -0.15) is 0 Å². The van der Waals surface area contributed by atoms with Crippen LogP contribution in [0.1, 0.15) is 13.3 Å². The third kappa shape index (κ3) is 1.54. The van der Waals surface area contributed by atoms with Gasteiger partial charge in [-0.1, -0.05) is 0 Å². The van der Waals surface area contributed by atoms with Crippen LogP contribution in [-0.2, 0) is 4.74 Å². The van der Waals surface area contributed by atoms with Crippen LogP contribution in [0.3, 0.4) is 0 Å². The van der Waals surface area contributed by atoms with Crippen molar-refractivity contribution in [1.82, 2.24) is 0 Å². The lowest BCUT2D eigenvalue weighted by molar-refractivity contribution is 0.342. The molecule has 0 aliphatic carbocycles. The van der Waals surface area contributed by atoms with Crippen molar-refractivity contribution in [3.63, 3.8) is 0 Å². The highest BCUT2D eigenvalue weighted by Crippen LogP contribution is 2.16. The predicted molar refractivity (Wildman–Crippen MR) is 30.7 cm³/mol. The summed E-state index contributed by atoms with van der Waals surface area (Å²) in [5.74, 6) is 0.438. The van der Waals surface area contributed by atoms with Gasteiger partial charge in [-0.15, -0.1) is 0 Å². The molecule has 1 fully saturated rings. The lowest BCUT2D eigenvalue weighted by Crippen LogP contribution is -1.87. The molecule has 0 spiro atoms. The SMILES string of the molecule is C/C=C(\O)CC1CO1. The number of ether oxygens (including phenoxy) is 1. The van der Waals surface area contributed by atoms with Crippen molar-refractivity contribution in [3.8, 4) is 0 Å². The van der Waals surface area contributed by atoms with E-state index >= 15 is 0 Å². The van der Waals surface area contributed by atoms with Crippen LogP contribution >= 0.6 is 0 Å². The largest absolute Gasteiger partial charge is 0.513 e. The Morgan fingerprint density at radius 3 is 3.00 bits per heavy atom. The van der Waals surface area contributed by atoms with Crippen molar-refractivity contribution in [2.45, 2.75) is 19.4 Å². The molecule has 1 heterocycles. The fourth-order valence-electron chi connectivity index (χ4n) is 0.537. The zero-order chi connectivity index (χ0) is 5.98. The molecule has 1 aliphatic heterocycles. The van der Waals surface area contributed by atoms with E-state index in [4.69, 9.17) is 9.84 Å². The normalized spacial score (nSPS) is 28.1. The number of rotatable bonds is 2. The van der Waals surface area contributed by atoms with Gasteiger partial charge >= 0.3 is 0 Å². The van der Waals surface area contributed by atoms with Crippen molar-refractivity contribution in [1.29, 1.82) is 0 Å². The number of aliphatic hydroxyl groups excluding tert-OH is 1. The molecule has 0 aromatic carbocycles. The molecule has 0 saturated carbocycles. The minimum absolute atomic E-state index is 0.311. The minimum Gasteiger partial charge on any atom is -0.513 e. The first-order valence-electron chi connectivity index (χ1n) is 2.78. The Hall–Kier alpha value is -0.500. The van der Waals surface area contributed by atoms with E-state index in [-0.39, 0.29) is 0 Å². The summed E-state index contributed by atoms with van der Waals surface area (Å²) < 4.78 is 4.88. The van der Waals surface area contributed by atoms with Crippen LogP contribution in [0.15, 0.2) is 11.8 Å². The van der Waals surface area contributed by atoms with Gasteiger partial charge in [-0.3, -0.25) is 0 Å². The summed E-state index contributed by atoms with van der Waals surface area (Å²) in [6, 6.07) is 0. The Labute approximate surface area is 48.8 Å². The number of aliphatic hydroxyl groups is 1. The van der Waals surface area contributed by atoms with Gasteiger partial charge in [-0.05, 0) is 13.0 Å². The summed E-state index contributed by atoms with van der Waals surface area (Å²) in [6.07, 6.45) is 2.70. The molecule has 1 unspecified atom stereocenters.